The van der Waals surface area contributed by atoms with Crippen LogP contribution in [-0.4, -0.2) is 19.8 Å². The van der Waals surface area contributed by atoms with Crippen LogP contribution < -0.4 is 5.32 Å². The van der Waals surface area contributed by atoms with Gasteiger partial charge in [-0.25, -0.2) is 0 Å². The number of benzene rings is 1. The molecule has 1 rings (SSSR count). The molecule has 0 aliphatic heterocycles. The van der Waals surface area contributed by atoms with Crippen molar-refractivity contribution in [1.82, 2.24) is 0 Å². The number of nitrogens with one attached hydrogen (secondary N) is 1. The minimum Gasteiger partial charge on any atom is -0.382 e. The third kappa shape index (κ3) is 5.07. The van der Waals surface area contributed by atoms with Gasteiger partial charge in [0.25, 0.3) is 0 Å². The van der Waals surface area contributed by atoms with Gasteiger partial charge in [0.15, 0.2) is 0 Å². The Balaban J connectivity index is 2.32. The average Bonchev–Trinajstić information content (AvgIpc) is 2.33. The largest absolute Gasteiger partial charge is 0.382 e. The van der Waals surface area contributed by atoms with E-state index in [1.165, 1.54) is 0 Å². The summed E-state index contributed by atoms with van der Waals surface area (Å²) in [5.74, 6) is 0.674. The highest BCUT2D eigenvalue weighted by Gasteiger charge is 2.04. The Bertz CT molecular complexity index is 413. The standard InChI is InChI=1S/C14H19BrN2O/c1-11(2)6-8-18-9-7-17-14-5-3-4-13(15)12(14)10-16/h3-5,11,17H,6-9H2,1-2H3. The van der Waals surface area contributed by atoms with E-state index in [9.17, 15) is 0 Å². The molecule has 0 saturated heterocycles. The van der Waals surface area contributed by atoms with Gasteiger partial charge in [0.05, 0.1) is 17.9 Å². The lowest BCUT2D eigenvalue weighted by atomic mass is 10.1. The first-order valence-electron chi connectivity index (χ1n) is 6.15. The molecule has 0 atom stereocenters. The number of halogens is 1. The monoisotopic (exact) mass is 310 g/mol. The van der Waals surface area contributed by atoms with E-state index in [-0.39, 0.29) is 0 Å². The van der Waals surface area contributed by atoms with Crippen LogP contribution >= 0.6 is 15.9 Å². The fourth-order valence-electron chi connectivity index (χ4n) is 1.46. The van der Waals surface area contributed by atoms with E-state index >= 15 is 0 Å². The highest BCUT2D eigenvalue weighted by Crippen LogP contribution is 2.23. The van der Waals surface area contributed by atoms with E-state index < -0.39 is 0 Å². The van der Waals surface area contributed by atoms with Crippen molar-refractivity contribution in [2.45, 2.75) is 20.3 Å². The van der Waals surface area contributed by atoms with Crippen molar-refractivity contribution in [2.75, 3.05) is 25.1 Å². The molecule has 0 spiro atoms. The quantitative estimate of drug-likeness (QED) is 0.779. The molecule has 0 radical (unpaired) electrons. The summed E-state index contributed by atoms with van der Waals surface area (Å²) < 4.78 is 6.33. The minimum absolute atomic E-state index is 0.639. The average molecular weight is 311 g/mol. The van der Waals surface area contributed by atoms with Gasteiger partial charge in [-0.3, -0.25) is 0 Å². The molecular weight excluding hydrogens is 292 g/mol. The predicted molar refractivity (Wildman–Crippen MR) is 77.6 cm³/mol. The van der Waals surface area contributed by atoms with E-state index in [0.717, 1.165) is 23.2 Å². The van der Waals surface area contributed by atoms with Crippen molar-refractivity contribution in [3.05, 3.63) is 28.2 Å². The van der Waals surface area contributed by atoms with Crippen molar-refractivity contribution >= 4 is 21.6 Å². The van der Waals surface area contributed by atoms with Gasteiger partial charge >= 0.3 is 0 Å². The fourth-order valence-corrected chi connectivity index (χ4v) is 1.92. The Labute approximate surface area is 117 Å². The number of anilines is 1. The van der Waals surface area contributed by atoms with E-state index in [1.54, 1.807) is 0 Å². The van der Waals surface area contributed by atoms with Gasteiger partial charge < -0.3 is 10.1 Å². The number of nitrogens with zero attached hydrogens (tertiary/aromatic N) is 1. The second-order valence-electron chi connectivity index (χ2n) is 4.50. The Morgan fingerprint density at radius 2 is 2.17 bits per heavy atom. The van der Waals surface area contributed by atoms with Gasteiger partial charge in [-0.1, -0.05) is 19.9 Å². The van der Waals surface area contributed by atoms with Gasteiger partial charge in [-0.15, -0.1) is 0 Å². The molecule has 0 aromatic heterocycles. The molecule has 1 N–H and O–H groups in total. The van der Waals surface area contributed by atoms with E-state index in [4.69, 9.17) is 10.00 Å². The lowest BCUT2D eigenvalue weighted by Gasteiger charge is -2.10. The third-order valence-electron chi connectivity index (χ3n) is 2.53. The van der Waals surface area contributed by atoms with E-state index in [2.05, 4.69) is 41.2 Å². The molecule has 0 aliphatic carbocycles. The van der Waals surface area contributed by atoms with Crippen molar-refractivity contribution in [3.63, 3.8) is 0 Å². The first-order valence-corrected chi connectivity index (χ1v) is 6.94. The summed E-state index contributed by atoms with van der Waals surface area (Å²) in [5, 5.41) is 12.3. The number of nitriles is 1. The number of hydrogen-bond donors (Lipinski definition) is 1. The van der Waals surface area contributed by atoms with E-state index in [0.29, 0.717) is 24.6 Å². The van der Waals surface area contributed by atoms with Crippen molar-refractivity contribution in [3.8, 4) is 6.07 Å². The summed E-state index contributed by atoms with van der Waals surface area (Å²) in [7, 11) is 0. The summed E-state index contributed by atoms with van der Waals surface area (Å²) in [4.78, 5) is 0. The minimum atomic E-state index is 0.639. The van der Waals surface area contributed by atoms with Gasteiger partial charge in [-0.2, -0.15) is 5.26 Å². The smallest absolute Gasteiger partial charge is 0.103 e. The maximum absolute atomic E-state index is 9.05. The maximum Gasteiger partial charge on any atom is 0.103 e. The van der Waals surface area contributed by atoms with Crippen LogP contribution in [0.4, 0.5) is 5.69 Å². The lowest BCUT2D eigenvalue weighted by molar-refractivity contribution is 0.132. The molecule has 0 saturated carbocycles. The first kappa shape index (κ1) is 15.0. The van der Waals surface area contributed by atoms with Gasteiger partial charge in [-0.05, 0) is 40.4 Å². The lowest BCUT2D eigenvalue weighted by Crippen LogP contribution is -2.11. The first-order chi connectivity index (χ1) is 8.65. The van der Waals surface area contributed by atoms with Crippen molar-refractivity contribution in [1.29, 1.82) is 5.26 Å². The van der Waals surface area contributed by atoms with Crippen LogP contribution in [0.2, 0.25) is 0 Å². The summed E-state index contributed by atoms with van der Waals surface area (Å²) in [6.07, 6.45) is 1.08. The van der Waals surface area contributed by atoms with Crippen LogP contribution in [0.15, 0.2) is 22.7 Å². The highest BCUT2D eigenvalue weighted by atomic mass is 79.9. The SMILES string of the molecule is CC(C)CCOCCNc1cccc(Br)c1C#N. The maximum atomic E-state index is 9.05. The Kier molecular flexibility index (Phi) is 6.77. The second-order valence-corrected chi connectivity index (χ2v) is 5.35. The second kappa shape index (κ2) is 8.12. The number of hydrogen-bond acceptors (Lipinski definition) is 3. The van der Waals surface area contributed by atoms with Gasteiger partial charge in [0.2, 0.25) is 0 Å². The topological polar surface area (TPSA) is 45.0 Å². The Hall–Kier alpha value is -1.05. The van der Waals surface area contributed by atoms with Crippen LogP contribution in [0, 0.1) is 17.2 Å². The van der Waals surface area contributed by atoms with Crippen LogP contribution in [0.25, 0.3) is 0 Å². The third-order valence-corrected chi connectivity index (χ3v) is 3.19. The number of ether oxygens (including phenoxy) is 1. The zero-order valence-corrected chi connectivity index (χ0v) is 12.5. The molecule has 3 nitrogen and oxygen atoms in total. The molecule has 1 aromatic carbocycles. The van der Waals surface area contributed by atoms with E-state index in [1.807, 2.05) is 18.2 Å². The molecule has 0 aliphatic rings. The molecule has 1 aromatic rings. The van der Waals surface area contributed by atoms with Crippen LogP contribution in [-0.2, 0) is 4.74 Å². The summed E-state index contributed by atoms with van der Waals surface area (Å²) >= 11 is 3.36. The van der Waals surface area contributed by atoms with Crippen LogP contribution in [0.1, 0.15) is 25.8 Å². The highest BCUT2D eigenvalue weighted by molar-refractivity contribution is 9.10. The summed E-state index contributed by atoms with van der Waals surface area (Å²) in [6.45, 7) is 6.53. The zero-order valence-electron chi connectivity index (χ0n) is 10.9. The fraction of sp³-hybridized carbons (Fsp3) is 0.500. The van der Waals surface area contributed by atoms with Crippen LogP contribution in [0.5, 0.6) is 0 Å². The Morgan fingerprint density at radius 1 is 1.39 bits per heavy atom. The predicted octanol–water partition coefficient (Wildman–Crippen LogP) is 3.80. The molecule has 0 unspecified atom stereocenters. The van der Waals surface area contributed by atoms with Crippen molar-refractivity contribution in [2.24, 2.45) is 5.92 Å². The Morgan fingerprint density at radius 3 is 2.83 bits per heavy atom. The molecule has 0 fully saturated rings. The van der Waals surface area contributed by atoms with Gasteiger partial charge in [0.1, 0.15) is 6.07 Å². The molecule has 18 heavy (non-hydrogen) atoms. The van der Waals surface area contributed by atoms with Crippen molar-refractivity contribution < 1.29 is 4.74 Å². The summed E-state index contributed by atoms with van der Waals surface area (Å²) in [5.41, 5.74) is 1.49. The zero-order chi connectivity index (χ0) is 13.4. The molecule has 0 bridgehead atoms. The summed E-state index contributed by atoms with van der Waals surface area (Å²) in [6, 6.07) is 7.85. The molecule has 98 valence electrons. The van der Waals surface area contributed by atoms with Gasteiger partial charge in [0, 0.05) is 17.6 Å². The molecule has 0 heterocycles. The number of rotatable bonds is 7. The molecule has 0 amide bonds. The normalized spacial score (nSPS) is 10.4. The molecule has 4 heteroatoms. The van der Waals surface area contributed by atoms with Crippen LogP contribution in [0.3, 0.4) is 0 Å². The molecular formula is C14H19BrN2O.